The van der Waals surface area contributed by atoms with Gasteiger partial charge in [-0.2, -0.15) is 0 Å². The third kappa shape index (κ3) is 3.96. The van der Waals surface area contributed by atoms with E-state index < -0.39 is 10.0 Å². The fourth-order valence-electron chi connectivity index (χ4n) is 2.04. The number of carbonyl (C=O) groups is 1. The number of furan rings is 1. The molecule has 118 valence electrons. The molecule has 0 aliphatic rings. The lowest BCUT2D eigenvalue weighted by Crippen LogP contribution is -2.23. The van der Waals surface area contributed by atoms with Crippen LogP contribution in [0, 0.1) is 13.8 Å². The Labute approximate surface area is 129 Å². The SMILES string of the molecule is CC(=O)Nc1ccc(S(=O)(=O)NCc2cc(C)oc2C)cc1. The van der Waals surface area contributed by atoms with E-state index in [1.165, 1.54) is 19.1 Å². The normalized spacial score (nSPS) is 11.4. The second-order valence-corrected chi connectivity index (χ2v) is 6.74. The highest BCUT2D eigenvalue weighted by Gasteiger charge is 2.15. The minimum atomic E-state index is -3.62. The number of amides is 1. The van der Waals surface area contributed by atoms with Gasteiger partial charge >= 0.3 is 0 Å². The molecule has 0 aliphatic carbocycles. The van der Waals surface area contributed by atoms with Gasteiger partial charge in [0.15, 0.2) is 0 Å². The molecule has 2 N–H and O–H groups in total. The molecule has 1 heterocycles. The van der Waals surface area contributed by atoms with Gasteiger partial charge in [-0.05, 0) is 44.2 Å². The predicted molar refractivity (Wildman–Crippen MR) is 83.0 cm³/mol. The lowest BCUT2D eigenvalue weighted by molar-refractivity contribution is -0.114. The molecule has 0 fully saturated rings. The summed E-state index contributed by atoms with van der Waals surface area (Å²) in [5.41, 5.74) is 1.35. The topological polar surface area (TPSA) is 88.4 Å². The Bertz CT molecular complexity index is 776. The van der Waals surface area contributed by atoms with Gasteiger partial charge < -0.3 is 9.73 Å². The van der Waals surface area contributed by atoms with E-state index in [0.717, 1.165) is 11.3 Å². The lowest BCUT2D eigenvalue weighted by Gasteiger charge is -2.07. The second kappa shape index (κ2) is 6.33. The molecular formula is C15H18N2O4S. The third-order valence-electron chi connectivity index (χ3n) is 3.08. The first-order valence-corrected chi connectivity index (χ1v) is 8.19. The van der Waals surface area contributed by atoms with E-state index in [-0.39, 0.29) is 17.3 Å². The van der Waals surface area contributed by atoms with Crippen molar-refractivity contribution in [2.45, 2.75) is 32.2 Å². The summed E-state index contributed by atoms with van der Waals surface area (Å²) in [4.78, 5) is 11.1. The number of hydrogen-bond donors (Lipinski definition) is 2. The number of benzene rings is 1. The van der Waals surface area contributed by atoms with E-state index in [1.54, 1.807) is 25.1 Å². The predicted octanol–water partition coefficient (Wildman–Crippen LogP) is 2.33. The first kappa shape index (κ1) is 16.3. The van der Waals surface area contributed by atoms with Crippen LogP contribution in [0.5, 0.6) is 0 Å². The van der Waals surface area contributed by atoms with Crippen molar-refractivity contribution in [2.75, 3.05) is 5.32 Å². The summed E-state index contributed by atoms with van der Waals surface area (Å²) in [6.45, 7) is 5.16. The van der Waals surface area contributed by atoms with Crippen molar-refractivity contribution in [1.82, 2.24) is 4.72 Å². The Kier molecular flexibility index (Phi) is 4.68. The number of carbonyl (C=O) groups excluding carboxylic acids is 1. The van der Waals surface area contributed by atoms with Crippen molar-refractivity contribution in [2.24, 2.45) is 0 Å². The van der Waals surface area contributed by atoms with Gasteiger partial charge in [0.25, 0.3) is 0 Å². The summed E-state index contributed by atoms with van der Waals surface area (Å²) < 4.78 is 32.4. The van der Waals surface area contributed by atoms with Gasteiger partial charge in [-0.15, -0.1) is 0 Å². The van der Waals surface area contributed by atoms with Crippen LogP contribution in [0.25, 0.3) is 0 Å². The van der Waals surface area contributed by atoms with Crippen LogP contribution < -0.4 is 10.0 Å². The average molecular weight is 322 g/mol. The van der Waals surface area contributed by atoms with Crippen LogP contribution in [-0.4, -0.2) is 14.3 Å². The quantitative estimate of drug-likeness (QED) is 0.884. The Morgan fingerprint density at radius 1 is 1.18 bits per heavy atom. The van der Waals surface area contributed by atoms with Crippen molar-refractivity contribution < 1.29 is 17.6 Å². The van der Waals surface area contributed by atoms with E-state index >= 15 is 0 Å². The number of sulfonamides is 1. The van der Waals surface area contributed by atoms with Crippen LogP contribution in [0.15, 0.2) is 39.6 Å². The molecule has 0 saturated heterocycles. The molecule has 1 aromatic carbocycles. The van der Waals surface area contributed by atoms with Crippen molar-refractivity contribution in [3.05, 3.63) is 47.4 Å². The highest BCUT2D eigenvalue weighted by atomic mass is 32.2. The average Bonchev–Trinajstić information content (AvgIpc) is 2.75. The van der Waals surface area contributed by atoms with Gasteiger partial charge in [0.1, 0.15) is 11.5 Å². The second-order valence-electron chi connectivity index (χ2n) is 4.97. The zero-order chi connectivity index (χ0) is 16.3. The van der Waals surface area contributed by atoms with Crippen LogP contribution in [-0.2, 0) is 21.4 Å². The van der Waals surface area contributed by atoms with E-state index in [4.69, 9.17) is 4.42 Å². The zero-order valence-electron chi connectivity index (χ0n) is 12.6. The zero-order valence-corrected chi connectivity index (χ0v) is 13.5. The molecule has 0 unspecified atom stereocenters. The summed E-state index contributed by atoms with van der Waals surface area (Å²) in [6, 6.07) is 7.78. The molecule has 0 radical (unpaired) electrons. The van der Waals surface area contributed by atoms with Crippen molar-refractivity contribution in [3.63, 3.8) is 0 Å². The minimum Gasteiger partial charge on any atom is -0.466 e. The maximum Gasteiger partial charge on any atom is 0.240 e. The summed E-state index contributed by atoms with van der Waals surface area (Å²) in [5, 5.41) is 2.58. The molecule has 6 nitrogen and oxygen atoms in total. The molecule has 7 heteroatoms. The first-order chi connectivity index (χ1) is 10.3. The summed E-state index contributed by atoms with van der Waals surface area (Å²) in [7, 11) is -3.62. The Morgan fingerprint density at radius 3 is 2.32 bits per heavy atom. The number of aryl methyl sites for hydroxylation is 2. The summed E-state index contributed by atoms with van der Waals surface area (Å²) in [5.74, 6) is 1.23. The molecular weight excluding hydrogens is 304 g/mol. The lowest BCUT2D eigenvalue weighted by atomic mass is 10.2. The fraction of sp³-hybridized carbons (Fsp3) is 0.267. The Hall–Kier alpha value is -2.12. The van der Waals surface area contributed by atoms with Gasteiger partial charge in [0.2, 0.25) is 15.9 Å². The van der Waals surface area contributed by atoms with Crippen LogP contribution >= 0.6 is 0 Å². The van der Waals surface area contributed by atoms with E-state index in [9.17, 15) is 13.2 Å². The van der Waals surface area contributed by atoms with Crippen molar-refractivity contribution >= 4 is 21.6 Å². The molecule has 22 heavy (non-hydrogen) atoms. The number of rotatable bonds is 5. The molecule has 0 atom stereocenters. The smallest absolute Gasteiger partial charge is 0.240 e. The van der Waals surface area contributed by atoms with Gasteiger partial charge in [-0.3, -0.25) is 4.79 Å². The van der Waals surface area contributed by atoms with Crippen molar-refractivity contribution in [1.29, 1.82) is 0 Å². The molecule has 1 amide bonds. The van der Waals surface area contributed by atoms with Crippen LogP contribution in [0.4, 0.5) is 5.69 Å². The van der Waals surface area contributed by atoms with Gasteiger partial charge in [0, 0.05) is 24.7 Å². The van der Waals surface area contributed by atoms with E-state index in [1.807, 2.05) is 6.92 Å². The summed E-state index contributed by atoms with van der Waals surface area (Å²) >= 11 is 0. The fourth-order valence-corrected chi connectivity index (χ4v) is 3.04. The monoisotopic (exact) mass is 322 g/mol. The first-order valence-electron chi connectivity index (χ1n) is 6.71. The van der Waals surface area contributed by atoms with E-state index in [2.05, 4.69) is 10.0 Å². The standard InChI is InChI=1S/C15H18N2O4S/c1-10-8-13(11(2)21-10)9-16-22(19,20)15-6-4-14(5-7-15)17-12(3)18/h4-8,16H,9H2,1-3H3,(H,17,18). The highest BCUT2D eigenvalue weighted by Crippen LogP contribution is 2.17. The minimum absolute atomic E-state index is 0.138. The Morgan fingerprint density at radius 2 is 1.82 bits per heavy atom. The molecule has 0 bridgehead atoms. The molecule has 0 spiro atoms. The molecule has 2 aromatic rings. The molecule has 0 aliphatic heterocycles. The van der Waals surface area contributed by atoms with Gasteiger partial charge in [-0.25, -0.2) is 13.1 Å². The molecule has 0 saturated carbocycles. The van der Waals surface area contributed by atoms with Crippen LogP contribution in [0.2, 0.25) is 0 Å². The summed E-state index contributed by atoms with van der Waals surface area (Å²) in [6.07, 6.45) is 0. The number of hydrogen-bond acceptors (Lipinski definition) is 4. The van der Waals surface area contributed by atoms with Gasteiger partial charge in [0.05, 0.1) is 4.90 Å². The largest absolute Gasteiger partial charge is 0.466 e. The molecule has 2 rings (SSSR count). The maximum atomic E-state index is 12.2. The maximum absolute atomic E-state index is 12.2. The van der Waals surface area contributed by atoms with E-state index in [0.29, 0.717) is 11.4 Å². The van der Waals surface area contributed by atoms with Gasteiger partial charge in [-0.1, -0.05) is 0 Å². The van der Waals surface area contributed by atoms with Crippen LogP contribution in [0.3, 0.4) is 0 Å². The highest BCUT2D eigenvalue weighted by molar-refractivity contribution is 7.89. The molecule has 1 aromatic heterocycles. The third-order valence-corrected chi connectivity index (χ3v) is 4.50. The Balaban J connectivity index is 2.09. The number of nitrogens with one attached hydrogen (secondary N) is 2. The van der Waals surface area contributed by atoms with Crippen molar-refractivity contribution in [3.8, 4) is 0 Å². The van der Waals surface area contributed by atoms with Crippen LogP contribution in [0.1, 0.15) is 24.0 Å². The number of anilines is 1.